The molecule has 0 aromatic heterocycles. The van der Waals surface area contributed by atoms with Gasteiger partial charge in [-0.1, -0.05) is 42.5 Å². The maximum atomic E-state index is 14.2. The van der Waals surface area contributed by atoms with Gasteiger partial charge in [0.15, 0.2) is 0 Å². The van der Waals surface area contributed by atoms with Gasteiger partial charge in [-0.3, -0.25) is 19.7 Å². The first-order chi connectivity index (χ1) is 17.4. The Balaban J connectivity index is 1.46. The summed E-state index contributed by atoms with van der Waals surface area (Å²) in [6.07, 6.45) is 0. The molecule has 182 valence electrons. The van der Waals surface area contributed by atoms with Gasteiger partial charge in [0.2, 0.25) is 11.8 Å². The van der Waals surface area contributed by atoms with E-state index in [0.717, 1.165) is 5.56 Å². The lowest BCUT2D eigenvalue weighted by molar-refractivity contribution is -0.132. The molecule has 3 amide bonds. The number of nitrogens with one attached hydrogen (secondary N) is 1. The average Bonchev–Trinajstić information content (AvgIpc) is 3.43. The van der Waals surface area contributed by atoms with Crippen LogP contribution in [0.3, 0.4) is 0 Å². The van der Waals surface area contributed by atoms with Crippen LogP contribution in [-0.4, -0.2) is 30.9 Å². The first kappa shape index (κ1) is 22.4. The topological polar surface area (TPSA) is 79.0 Å². The van der Waals surface area contributed by atoms with Gasteiger partial charge >= 0.3 is 0 Å². The molecule has 1 N–H and O–H groups in total. The summed E-state index contributed by atoms with van der Waals surface area (Å²) in [6, 6.07) is 19.8. The second-order valence-corrected chi connectivity index (χ2v) is 9.46. The number of carbonyl (C=O) groups excluding carboxylic acids is 3. The van der Waals surface area contributed by atoms with Crippen molar-refractivity contribution in [2.45, 2.75) is 25.0 Å². The maximum Gasteiger partial charge on any atom is 0.253 e. The third-order valence-electron chi connectivity index (χ3n) is 7.59. The average molecular weight is 486 g/mol. The van der Waals surface area contributed by atoms with Gasteiger partial charge in [-0.2, -0.15) is 0 Å². The van der Waals surface area contributed by atoms with Crippen LogP contribution >= 0.6 is 0 Å². The van der Waals surface area contributed by atoms with E-state index in [0.29, 0.717) is 22.7 Å². The molecular formula is C28H24FN3O4. The lowest BCUT2D eigenvalue weighted by Gasteiger charge is -2.30. The van der Waals surface area contributed by atoms with Gasteiger partial charge in [0.1, 0.15) is 17.1 Å². The van der Waals surface area contributed by atoms with Crippen LogP contribution in [0.1, 0.15) is 18.1 Å². The van der Waals surface area contributed by atoms with E-state index in [9.17, 15) is 18.8 Å². The van der Waals surface area contributed by atoms with Crippen LogP contribution in [0, 0.1) is 17.7 Å². The molecule has 36 heavy (non-hydrogen) atoms. The quantitative estimate of drug-likeness (QED) is 0.574. The predicted molar refractivity (Wildman–Crippen MR) is 131 cm³/mol. The van der Waals surface area contributed by atoms with Crippen molar-refractivity contribution in [2.24, 2.45) is 11.8 Å². The summed E-state index contributed by atoms with van der Waals surface area (Å²) >= 11 is 0. The molecule has 2 saturated heterocycles. The molecule has 6 rings (SSSR count). The minimum atomic E-state index is -1.38. The van der Waals surface area contributed by atoms with E-state index >= 15 is 0 Å². The number of imide groups is 1. The van der Waals surface area contributed by atoms with Crippen molar-refractivity contribution in [2.75, 3.05) is 16.9 Å². The second-order valence-electron chi connectivity index (χ2n) is 9.46. The number of ether oxygens (including phenoxy) is 1. The van der Waals surface area contributed by atoms with E-state index in [1.54, 1.807) is 41.3 Å². The lowest BCUT2D eigenvalue weighted by atomic mass is 9.76. The third kappa shape index (κ3) is 2.91. The Labute approximate surface area is 207 Å². The van der Waals surface area contributed by atoms with Crippen molar-refractivity contribution in [3.05, 3.63) is 89.7 Å². The van der Waals surface area contributed by atoms with E-state index in [1.165, 1.54) is 24.1 Å². The molecule has 0 saturated carbocycles. The standard InChI is InChI=1S/C28H24FN3O4/c1-16-23-24(26(34)32(25(23)33)21-9-5-6-10-22(21)36-2)28(30-16)19-7-3-4-8-20(19)31(27(28)35)15-17-11-13-18(29)14-12-17/h3-14,16,23-24,30H,15H2,1-2H3/t16-,23+,24+,28+/m0/s1. The van der Waals surface area contributed by atoms with Gasteiger partial charge in [-0.25, -0.2) is 9.29 Å². The maximum absolute atomic E-state index is 14.2. The van der Waals surface area contributed by atoms with E-state index in [4.69, 9.17) is 4.74 Å². The van der Waals surface area contributed by atoms with Crippen molar-refractivity contribution in [1.29, 1.82) is 0 Å². The highest BCUT2D eigenvalue weighted by Gasteiger charge is 2.71. The summed E-state index contributed by atoms with van der Waals surface area (Å²) in [6.45, 7) is 2.05. The van der Waals surface area contributed by atoms with Crippen molar-refractivity contribution in [3.63, 3.8) is 0 Å². The van der Waals surface area contributed by atoms with Gasteiger partial charge in [-0.05, 0) is 42.8 Å². The number of benzene rings is 3. The number of halogens is 1. The number of para-hydroxylation sites is 3. The molecule has 0 radical (unpaired) electrons. The number of amides is 3. The van der Waals surface area contributed by atoms with Gasteiger partial charge < -0.3 is 9.64 Å². The van der Waals surface area contributed by atoms with Crippen LogP contribution < -0.4 is 19.9 Å². The number of rotatable bonds is 4. The zero-order chi connectivity index (χ0) is 25.2. The van der Waals surface area contributed by atoms with Crippen molar-refractivity contribution in [3.8, 4) is 5.75 Å². The van der Waals surface area contributed by atoms with Crippen LogP contribution in [-0.2, 0) is 26.5 Å². The molecule has 2 fully saturated rings. The Hall–Kier alpha value is -4.04. The van der Waals surface area contributed by atoms with E-state index in [1.807, 2.05) is 31.2 Å². The lowest BCUT2D eigenvalue weighted by Crippen LogP contribution is -2.54. The molecule has 3 aliphatic rings. The van der Waals surface area contributed by atoms with Gasteiger partial charge in [0.05, 0.1) is 31.2 Å². The number of fused-ring (bicyclic) bond motifs is 4. The highest BCUT2D eigenvalue weighted by molar-refractivity contribution is 6.26. The largest absolute Gasteiger partial charge is 0.495 e. The molecule has 3 aromatic rings. The zero-order valence-electron chi connectivity index (χ0n) is 19.8. The SMILES string of the molecule is COc1ccccc1N1C(=O)[C@@H]2[C@H](C)N[C@@]3(C(=O)N(Cc4ccc(F)cc4)c4ccccc43)[C@H]2C1=O. The number of methoxy groups -OCH3 is 1. The first-order valence-corrected chi connectivity index (χ1v) is 11.8. The fraction of sp³-hybridized carbons (Fsp3) is 0.250. The summed E-state index contributed by atoms with van der Waals surface area (Å²) in [5, 5.41) is 3.37. The number of carbonyl (C=O) groups is 3. The molecule has 0 unspecified atom stereocenters. The summed E-state index contributed by atoms with van der Waals surface area (Å²) in [7, 11) is 1.49. The Morgan fingerprint density at radius 3 is 2.31 bits per heavy atom. The Morgan fingerprint density at radius 1 is 0.917 bits per heavy atom. The fourth-order valence-corrected chi connectivity index (χ4v) is 6.09. The first-order valence-electron chi connectivity index (χ1n) is 11.8. The normalized spacial score (nSPS) is 26.6. The third-order valence-corrected chi connectivity index (χ3v) is 7.59. The predicted octanol–water partition coefficient (Wildman–Crippen LogP) is 3.37. The summed E-state index contributed by atoms with van der Waals surface area (Å²) < 4.78 is 18.9. The summed E-state index contributed by atoms with van der Waals surface area (Å²) in [5.74, 6) is -2.67. The van der Waals surface area contributed by atoms with Crippen LogP contribution in [0.4, 0.5) is 15.8 Å². The highest BCUT2D eigenvalue weighted by Crippen LogP contribution is 2.55. The minimum absolute atomic E-state index is 0.212. The molecule has 7 nitrogen and oxygen atoms in total. The van der Waals surface area contributed by atoms with Crippen molar-refractivity contribution >= 4 is 29.1 Å². The van der Waals surface area contributed by atoms with Gasteiger partial charge in [0.25, 0.3) is 5.91 Å². The Bertz CT molecular complexity index is 1410. The molecule has 0 aliphatic carbocycles. The minimum Gasteiger partial charge on any atom is -0.495 e. The molecule has 3 aliphatic heterocycles. The number of hydrogen-bond donors (Lipinski definition) is 1. The van der Waals surface area contributed by atoms with Gasteiger partial charge in [-0.15, -0.1) is 0 Å². The van der Waals surface area contributed by atoms with Crippen LogP contribution in [0.15, 0.2) is 72.8 Å². The Morgan fingerprint density at radius 2 is 1.58 bits per heavy atom. The highest BCUT2D eigenvalue weighted by atomic mass is 19.1. The van der Waals surface area contributed by atoms with E-state index in [-0.39, 0.29) is 24.2 Å². The molecule has 4 atom stereocenters. The molecule has 8 heteroatoms. The monoisotopic (exact) mass is 485 g/mol. The summed E-state index contributed by atoms with van der Waals surface area (Å²) in [4.78, 5) is 44.8. The molecular weight excluding hydrogens is 461 g/mol. The van der Waals surface area contributed by atoms with Gasteiger partial charge in [0, 0.05) is 17.3 Å². The number of anilines is 2. The molecule has 3 heterocycles. The van der Waals surface area contributed by atoms with E-state index in [2.05, 4.69) is 5.32 Å². The molecule has 3 aromatic carbocycles. The number of hydrogen-bond acceptors (Lipinski definition) is 5. The molecule has 0 bridgehead atoms. The van der Waals surface area contributed by atoms with Crippen LogP contribution in [0.5, 0.6) is 5.75 Å². The smallest absolute Gasteiger partial charge is 0.253 e. The number of nitrogens with zero attached hydrogens (tertiary/aromatic N) is 2. The van der Waals surface area contributed by atoms with Crippen LogP contribution in [0.25, 0.3) is 0 Å². The molecule has 1 spiro atoms. The van der Waals surface area contributed by atoms with E-state index < -0.39 is 29.3 Å². The van der Waals surface area contributed by atoms with Crippen LogP contribution in [0.2, 0.25) is 0 Å². The second kappa shape index (κ2) is 7.99. The Kier molecular flexibility index (Phi) is 4.98. The van der Waals surface area contributed by atoms with Crippen molar-refractivity contribution < 1.29 is 23.5 Å². The van der Waals surface area contributed by atoms with Crippen molar-refractivity contribution in [1.82, 2.24) is 5.32 Å². The summed E-state index contributed by atoms with van der Waals surface area (Å²) in [5.41, 5.74) is 1.07. The fourth-order valence-electron chi connectivity index (χ4n) is 6.09. The zero-order valence-corrected chi connectivity index (χ0v) is 19.8.